The van der Waals surface area contributed by atoms with Gasteiger partial charge < -0.3 is 5.32 Å². The van der Waals surface area contributed by atoms with Gasteiger partial charge in [0, 0.05) is 19.2 Å². The summed E-state index contributed by atoms with van der Waals surface area (Å²) >= 11 is 0. The van der Waals surface area contributed by atoms with Crippen molar-refractivity contribution < 1.29 is 0 Å². The van der Waals surface area contributed by atoms with E-state index in [9.17, 15) is 0 Å². The highest BCUT2D eigenvalue weighted by molar-refractivity contribution is 5.38. The number of aryl methyl sites for hydroxylation is 1. The Morgan fingerprint density at radius 1 is 1.43 bits per heavy atom. The molecule has 1 unspecified atom stereocenters. The molecular formula is C11H17N3. The molecule has 3 rings (SSSR count). The second-order valence-corrected chi connectivity index (χ2v) is 4.69. The summed E-state index contributed by atoms with van der Waals surface area (Å²) in [5, 5.41) is 7.98. The van der Waals surface area contributed by atoms with E-state index in [1.807, 2.05) is 0 Å². The molecule has 0 spiro atoms. The van der Waals surface area contributed by atoms with Crippen LogP contribution in [0, 0.1) is 18.8 Å². The summed E-state index contributed by atoms with van der Waals surface area (Å²) in [5.74, 6) is 2.98. The van der Waals surface area contributed by atoms with Crippen LogP contribution in [0.1, 0.15) is 25.0 Å². The van der Waals surface area contributed by atoms with E-state index in [2.05, 4.69) is 28.1 Å². The zero-order valence-electron chi connectivity index (χ0n) is 8.66. The molecule has 1 fully saturated rings. The van der Waals surface area contributed by atoms with Gasteiger partial charge in [0.2, 0.25) is 0 Å². The van der Waals surface area contributed by atoms with Crippen LogP contribution in [0.5, 0.6) is 0 Å². The maximum absolute atomic E-state index is 4.50. The molecule has 0 amide bonds. The van der Waals surface area contributed by atoms with E-state index >= 15 is 0 Å². The zero-order valence-corrected chi connectivity index (χ0v) is 8.66. The molecule has 2 aliphatic rings. The third-order valence-corrected chi connectivity index (χ3v) is 3.67. The second-order valence-electron chi connectivity index (χ2n) is 4.69. The minimum absolute atomic E-state index is 0.815. The van der Waals surface area contributed by atoms with E-state index in [-0.39, 0.29) is 0 Å². The maximum atomic E-state index is 4.50. The van der Waals surface area contributed by atoms with Crippen LogP contribution in [0.25, 0.3) is 0 Å². The molecule has 3 nitrogen and oxygen atoms in total. The molecule has 1 aliphatic heterocycles. The highest BCUT2D eigenvalue weighted by atomic mass is 15.3. The van der Waals surface area contributed by atoms with E-state index in [1.54, 1.807) is 0 Å². The van der Waals surface area contributed by atoms with Crippen molar-refractivity contribution in [2.75, 3.05) is 11.9 Å². The lowest BCUT2D eigenvalue weighted by atomic mass is 9.75. The molecule has 1 atom stereocenters. The number of fused-ring (bicyclic) bond motifs is 1. The fourth-order valence-corrected chi connectivity index (χ4v) is 2.58. The Morgan fingerprint density at radius 2 is 2.29 bits per heavy atom. The average molecular weight is 191 g/mol. The van der Waals surface area contributed by atoms with Crippen LogP contribution in [0.3, 0.4) is 0 Å². The smallest absolute Gasteiger partial charge is 0.124 e. The molecule has 1 saturated carbocycles. The molecule has 0 aromatic carbocycles. The minimum Gasteiger partial charge on any atom is -0.370 e. The van der Waals surface area contributed by atoms with E-state index in [0.717, 1.165) is 30.6 Å². The Morgan fingerprint density at radius 3 is 3.00 bits per heavy atom. The first kappa shape index (κ1) is 8.33. The zero-order chi connectivity index (χ0) is 9.54. The standard InChI is InChI=1S/C11H17N3/c1-8-5-11-12-6-10(7-14(11)13-8)9-3-2-4-9/h5,9-10,12H,2-4,6-7H2,1H3. The van der Waals surface area contributed by atoms with E-state index in [1.165, 1.54) is 25.1 Å². The van der Waals surface area contributed by atoms with Gasteiger partial charge in [-0.3, -0.25) is 0 Å². The van der Waals surface area contributed by atoms with Crippen LogP contribution in [-0.2, 0) is 6.54 Å². The summed E-state index contributed by atoms with van der Waals surface area (Å²) in [6.07, 6.45) is 4.30. The first-order chi connectivity index (χ1) is 6.83. The van der Waals surface area contributed by atoms with Crippen molar-refractivity contribution in [1.29, 1.82) is 0 Å². The van der Waals surface area contributed by atoms with Gasteiger partial charge in [0.15, 0.2) is 0 Å². The summed E-state index contributed by atoms with van der Waals surface area (Å²) in [6.45, 7) is 4.34. The fraction of sp³-hybridized carbons (Fsp3) is 0.727. The Labute approximate surface area is 84.5 Å². The lowest BCUT2D eigenvalue weighted by Gasteiger charge is -2.36. The third-order valence-electron chi connectivity index (χ3n) is 3.67. The van der Waals surface area contributed by atoms with Crippen LogP contribution in [0.15, 0.2) is 6.07 Å². The molecule has 2 heterocycles. The van der Waals surface area contributed by atoms with Crippen molar-refractivity contribution in [2.24, 2.45) is 11.8 Å². The molecule has 0 saturated heterocycles. The molecule has 3 heteroatoms. The van der Waals surface area contributed by atoms with Crippen molar-refractivity contribution >= 4 is 5.82 Å². The molecule has 1 aromatic rings. The van der Waals surface area contributed by atoms with Gasteiger partial charge in [-0.15, -0.1) is 0 Å². The summed E-state index contributed by atoms with van der Waals surface area (Å²) < 4.78 is 2.14. The number of nitrogens with one attached hydrogen (secondary N) is 1. The van der Waals surface area contributed by atoms with E-state index < -0.39 is 0 Å². The minimum atomic E-state index is 0.815. The topological polar surface area (TPSA) is 29.9 Å². The first-order valence-electron chi connectivity index (χ1n) is 5.61. The average Bonchev–Trinajstić information content (AvgIpc) is 2.40. The molecule has 14 heavy (non-hydrogen) atoms. The Hall–Kier alpha value is -0.990. The van der Waals surface area contributed by atoms with E-state index in [0.29, 0.717) is 0 Å². The predicted molar refractivity (Wildman–Crippen MR) is 56.3 cm³/mol. The van der Waals surface area contributed by atoms with Crippen molar-refractivity contribution in [1.82, 2.24) is 9.78 Å². The van der Waals surface area contributed by atoms with Crippen LogP contribution >= 0.6 is 0 Å². The van der Waals surface area contributed by atoms with Crippen molar-refractivity contribution in [3.8, 4) is 0 Å². The normalized spacial score (nSPS) is 26.5. The summed E-state index contributed by atoms with van der Waals surface area (Å²) in [6, 6.07) is 2.14. The lowest BCUT2D eigenvalue weighted by molar-refractivity contribution is 0.184. The van der Waals surface area contributed by atoms with Gasteiger partial charge in [0.25, 0.3) is 0 Å². The first-order valence-corrected chi connectivity index (χ1v) is 5.61. The van der Waals surface area contributed by atoms with Gasteiger partial charge in [0.1, 0.15) is 5.82 Å². The fourth-order valence-electron chi connectivity index (χ4n) is 2.58. The summed E-state index contributed by atoms with van der Waals surface area (Å²) in [4.78, 5) is 0. The largest absolute Gasteiger partial charge is 0.370 e. The van der Waals surface area contributed by atoms with Crippen LogP contribution in [0.2, 0.25) is 0 Å². The molecule has 0 bridgehead atoms. The van der Waals surface area contributed by atoms with Crippen LogP contribution in [-0.4, -0.2) is 16.3 Å². The van der Waals surface area contributed by atoms with Crippen molar-refractivity contribution in [3.63, 3.8) is 0 Å². The number of hydrogen-bond donors (Lipinski definition) is 1. The predicted octanol–water partition coefficient (Wildman–Crippen LogP) is 2.03. The van der Waals surface area contributed by atoms with Crippen LogP contribution < -0.4 is 5.32 Å². The second kappa shape index (κ2) is 3.01. The third kappa shape index (κ3) is 1.22. The Kier molecular flexibility index (Phi) is 1.79. The Balaban J connectivity index is 1.78. The molecule has 1 aliphatic carbocycles. The monoisotopic (exact) mass is 191 g/mol. The van der Waals surface area contributed by atoms with Crippen molar-refractivity contribution in [2.45, 2.75) is 32.7 Å². The highest BCUT2D eigenvalue weighted by Gasteiger charge is 2.30. The molecule has 1 N–H and O–H groups in total. The van der Waals surface area contributed by atoms with Gasteiger partial charge in [-0.1, -0.05) is 19.3 Å². The van der Waals surface area contributed by atoms with Gasteiger partial charge in [-0.2, -0.15) is 5.10 Å². The van der Waals surface area contributed by atoms with Gasteiger partial charge >= 0.3 is 0 Å². The van der Waals surface area contributed by atoms with Gasteiger partial charge in [-0.05, 0) is 18.8 Å². The van der Waals surface area contributed by atoms with Crippen LogP contribution in [0.4, 0.5) is 5.82 Å². The van der Waals surface area contributed by atoms with Gasteiger partial charge in [-0.25, -0.2) is 4.68 Å². The molecule has 0 radical (unpaired) electrons. The number of hydrogen-bond acceptors (Lipinski definition) is 2. The maximum Gasteiger partial charge on any atom is 0.124 e. The lowest BCUT2D eigenvalue weighted by Crippen LogP contribution is -2.35. The molecular weight excluding hydrogens is 174 g/mol. The van der Waals surface area contributed by atoms with E-state index in [4.69, 9.17) is 0 Å². The number of aromatic nitrogens is 2. The highest BCUT2D eigenvalue weighted by Crippen LogP contribution is 2.36. The quantitative estimate of drug-likeness (QED) is 0.736. The Bertz CT molecular complexity index is 338. The molecule has 76 valence electrons. The van der Waals surface area contributed by atoms with Crippen molar-refractivity contribution in [3.05, 3.63) is 11.8 Å². The number of nitrogens with zero attached hydrogens (tertiary/aromatic N) is 2. The number of anilines is 1. The number of rotatable bonds is 1. The van der Waals surface area contributed by atoms with Gasteiger partial charge in [0.05, 0.1) is 5.69 Å². The molecule has 1 aromatic heterocycles. The summed E-state index contributed by atoms with van der Waals surface area (Å²) in [5.41, 5.74) is 1.13. The SMILES string of the molecule is Cc1cc2n(n1)CC(C1CCC1)CN2. The summed E-state index contributed by atoms with van der Waals surface area (Å²) in [7, 11) is 0.